The second-order valence-corrected chi connectivity index (χ2v) is 7.18. The molecule has 0 bridgehead atoms. The topological polar surface area (TPSA) is 118 Å². The lowest BCUT2D eigenvalue weighted by Gasteiger charge is -2.25. The first-order valence-electron chi connectivity index (χ1n) is 4.92. The van der Waals surface area contributed by atoms with Crippen LogP contribution in [0.4, 0.5) is 0 Å². The summed E-state index contributed by atoms with van der Waals surface area (Å²) < 4.78 is 21.9. The number of rotatable bonds is 7. The Morgan fingerprint density at radius 2 is 1.50 bits per heavy atom. The Labute approximate surface area is 94.8 Å². The molecule has 1 atom stereocenters. The molecule has 0 heterocycles. The van der Waals surface area contributed by atoms with E-state index in [4.69, 9.17) is 19.6 Å². The molecule has 0 aliphatic carbocycles. The molecule has 0 aromatic rings. The van der Waals surface area contributed by atoms with Crippen LogP contribution in [-0.4, -0.2) is 55.9 Å². The quantitative estimate of drug-likeness (QED) is 0.485. The number of hydrogen-bond acceptors (Lipinski definition) is 3. The van der Waals surface area contributed by atoms with Gasteiger partial charge in [-0.2, -0.15) is 0 Å². The molecule has 4 N–H and O–H groups in total. The van der Waals surface area contributed by atoms with Gasteiger partial charge in [0.05, 0.1) is 11.8 Å². The third-order valence-electron chi connectivity index (χ3n) is 2.29. The van der Waals surface area contributed by atoms with Gasteiger partial charge in [-0.25, -0.2) is 0 Å². The lowest BCUT2D eigenvalue weighted by atomic mass is 10.4. The van der Waals surface area contributed by atoms with Gasteiger partial charge in [-0.1, -0.05) is 13.8 Å². The summed E-state index contributed by atoms with van der Waals surface area (Å²) in [5.41, 5.74) is -1.31. The Bertz CT molecular complexity index is 293. The molecule has 0 unspecified atom stereocenters. The summed E-state index contributed by atoms with van der Waals surface area (Å²) in [6.07, 6.45) is -0.784. The zero-order valence-electron chi connectivity index (χ0n) is 9.35. The zero-order valence-corrected chi connectivity index (χ0v) is 11.1. The maximum absolute atomic E-state index is 11.1. The van der Waals surface area contributed by atoms with E-state index in [2.05, 4.69) is 0 Å². The average molecular weight is 275 g/mol. The van der Waals surface area contributed by atoms with Crippen LogP contribution >= 0.6 is 15.2 Å². The van der Waals surface area contributed by atoms with Crippen LogP contribution in [0.1, 0.15) is 13.8 Å². The van der Waals surface area contributed by atoms with Gasteiger partial charge >= 0.3 is 15.2 Å². The maximum atomic E-state index is 11.1. The predicted molar refractivity (Wildman–Crippen MR) is 60.5 cm³/mol. The molecule has 0 amide bonds. The Hall–Kier alpha value is 0.260. The van der Waals surface area contributed by atoms with Crippen molar-refractivity contribution in [2.45, 2.75) is 19.5 Å². The van der Waals surface area contributed by atoms with Crippen molar-refractivity contribution in [2.24, 2.45) is 0 Å². The van der Waals surface area contributed by atoms with E-state index in [1.165, 1.54) is 0 Å². The van der Waals surface area contributed by atoms with Crippen LogP contribution in [0.5, 0.6) is 0 Å². The second-order valence-electron chi connectivity index (χ2n) is 3.58. The molecule has 0 aromatic heterocycles. The molecular weight excluding hydrogens is 256 g/mol. The summed E-state index contributed by atoms with van der Waals surface area (Å²) in [6, 6.07) is 0. The number of nitrogens with zero attached hydrogens (tertiary/aromatic N) is 1. The lowest BCUT2D eigenvalue weighted by molar-refractivity contribution is 0.278. The highest BCUT2D eigenvalue weighted by Gasteiger charge is 2.35. The minimum atomic E-state index is -4.49. The van der Waals surface area contributed by atoms with E-state index >= 15 is 0 Å². The highest BCUT2D eigenvalue weighted by molar-refractivity contribution is 7.56. The molecule has 0 aliphatic heterocycles. The van der Waals surface area contributed by atoms with Crippen LogP contribution in [-0.2, 0) is 9.13 Å². The van der Waals surface area contributed by atoms with Crippen LogP contribution in [0.3, 0.4) is 0 Å². The molecule has 0 saturated carbocycles. The van der Waals surface area contributed by atoms with Crippen molar-refractivity contribution in [1.29, 1.82) is 0 Å². The minimum absolute atomic E-state index is 0.0115. The van der Waals surface area contributed by atoms with E-state index in [9.17, 15) is 9.13 Å². The summed E-state index contributed by atoms with van der Waals surface area (Å²) in [7, 11) is -8.90. The second kappa shape index (κ2) is 6.26. The van der Waals surface area contributed by atoms with Crippen molar-refractivity contribution in [3.05, 3.63) is 0 Å². The summed E-state index contributed by atoms with van der Waals surface area (Å²) >= 11 is 0. The van der Waals surface area contributed by atoms with Crippen molar-refractivity contribution in [3.8, 4) is 0 Å². The van der Waals surface area contributed by atoms with Gasteiger partial charge in [-0.3, -0.25) is 9.13 Å². The first kappa shape index (κ1) is 16.3. The molecule has 0 aliphatic rings. The first-order chi connectivity index (χ1) is 7.10. The zero-order chi connectivity index (χ0) is 13.0. The van der Waals surface area contributed by atoms with Gasteiger partial charge in [0, 0.05) is 6.54 Å². The standard InChI is InChI=1S/C7H19NO6P2/c1-3-8(4-2)5-7(16(12,13)14)6-15(9,10)11/h7H,3-6H2,1-2H3,(H2,9,10,11)(H2,12,13,14)/t7-/m0/s1. The molecule has 16 heavy (non-hydrogen) atoms. The minimum Gasteiger partial charge on any atom is -0.324 e. The SMILES string of the molecule is CCN(CC)C[C@@H](CP(=O)(O)O)P(=O)(O)O. The van der Waals surface area contributed by atoms with E-state index in [0.717, 1.165) is 0 Å². The molecule has 0 spiro atoms. The lowest BCUT2D eigenvalue weighted by Crippen LogP contribution is -2.34. The van der Waals surface area contributed by atoms with E-state index in [1.807, 2.05) is 13.8 Å². The van der Waals surface area contributed by atoms with Crippen LogP contribution in [0, 0.1) is 0 Å². The largest absolute Gasteiger partial charge is 0.330 e. The summed E-state index contributed by atoms with van der Waals surface area (Å²) in [6.45, 7) is 4.78. The third-order valence-corrected chi connectivity index (χ3v) is 4.79. The van der Waals surface area contributed by atoms with E-state index in [-0.39, 0.29) is 6.54 Å². The highest BCUT2D eigenvalue weighted by atomic mass is 31.2. The van der Waals surface area contributed by atoms with Crippen molar-refractivity contribution in [3.63, 3.8) is 0 Å². The van der Waals surface area contributed by atoms with Crippen LogP contribution in [0.2, 0.25) is 0 Å². The molecule has 0 rings (SSSR count). The average Bonchev–Trinajstić information content (AvgIpc) is 2.08. The fourth-order valence-corrected chi connectivity index (χ4v) is 3.92. The Kier molecular flexibility index (Phi) is 6.36. The summed E-state index contributed by atoms with van der Waals surface area (Å²) in [4.78, 5) is 37.3. The van der Waals surface area contributed by atoms with Gasteiger partial charge in [0.25, 0.3) is 0 Å². The summed E-state index contributed by atoms with van der Waals surface area (Å²) in [5.74, 6) is 0. The summed E-state index contributed by atoms with van der Waals surface area (Å²) in [5, 5.41) is 0. The van der Waals surface area contributed by atoms with E-state index in [0.29, 0.717) is 13.1 Å². The van der Waals surface area contributed by atoms with Crippen molar-refractivity contribution in [2.75, 3.05) is 25.8 Å². The third kappa shape index (κ3) is 6.76. The Morgan fingerprint density at radius 1 is 1.06 bits per heavy atom. The first-order valence-corrected chi connectivity index (χ1v) is 8.40. The van der Waals surface area contributed by atoms with Crippen molar-refractivity contribution in [1.82, 2.24) is 4.90 Å². The molecular formula is C7H19NO6P2. The predicted octanol–water partition coefficient (Wildman–Crippen LogP) is 0.0522. The Morgan fingerprint density at radius 3 is 1.75 bits per heavy atom. The van der Waals surface area contributed by atoms with Gasteiger partial charge in [0.1, 0.15) is 0 Å². The van der Waals surface area contributed by atoms with Gasteiger partial charge < -0.3 is 24.5 Å². The molecule has 0 fully saturated rings. The molecule has 0 radical (unpaired) electrons. The van der Waals surface area contributed by atoms with Gasteiger partial charge in [-0.15, -0.1) is 0 Å². The highest BCUT2D eigenvalue weighted by Crippen LogP contribution is 2.48. The molecule has 0 aromatic carbocycles. The van der Waals surface area contributed by atoms with Gasteiger partial charge in [0.2, 0.25) is 0 Å². The van der Waals surface area contributed by atoms with E-state index in [1.54, 1.807) is 4.90 Å². The van der Waals surface area contributed by atoms with Crippen LogP contribution in [0.25, 0.3) is 0 Å². The van der Waals surface area contributed by atoms with Crippen molar-refractivity contribution < 1.29 is 28.7 Å². The molecule has 7 nitrogen and oxygen atoms in total. The molecule has 98 valence electrons. The van der Waals surface area contributed by atoms with Gasteiger partial charge in [0.15, 0.2) is 0 Å². The van der Waals surface area contributed by atoms with Crippen LogP contribution < -0.4 is 0 Å². The van der Waals surface area contributed by atoms with E-state index < -0.39 is 27.0 Å². The fourth-order valence-electron chi connectivity index (χ4n) is 1.32. The molecule has 0 saturated heterocycles. The van der Waals surface area contributed by atoms with Crippen molar-refractivity contribution >= 4 is 15.2 Å². The van der Waals surface area contributed by atoms with Gasteiger partial charge in [-0.05, 0) is 13.1 Å². The molecule has 9 heteroatoms. The maximum Gasteiger partial charge on any atom is 0.330 e. The van der Waals surface area contributed by atoms with Crippen LogP contribution in [0.15, 0.2) is 0 Å². The smallest absolute Gasteiger partial charge is 0.324 e. The number of hydrogen-bond donors (Lipinski definition) is 4. The fraction of sp³-hybridized carbons (Fsp3) is 1.00. The Balaban J connectivity index is 4.70. The normalized spacial score (nSPS) is 15.4. The monoisotopic (exact) mass is 275 g/mol.